The number of hydrogen-bond donors (Lipinski definition) is 2. The Balaban J connectivity index is 1.15. The molecule has 3 atom stereocenters. The fraction of sp³-hybridized carbons (Fsp3) is 0.444. The molecule has 7 nitrogen and oxygen atoms in total. The molecule has 34 heavy (non-hydrogen) atoms. The van der Waals surface area contributed by atoms with Gasteiger partial charge in [-0.3, -0.25) is 9.59 Å². The minimum atomic E-state index is -0.870. The maximum atomic E-state index is 13.0. The van der Waals surface area contributed by atoms with Gasteiger partial charge >= 0.3 is 12.1 Å². The van der Waals surface area contributed by atoms with Gasteiger partial charge in [0.25, 0.3) is 0 Å². The molecule has 2 aromatic rings. The van der Waals surface area contributed by atoms with Gasteiger partial charge in [0.15, 0.2) is 0 Å². The van der Waals surface area contributed by atoms with E-state index in [4.69, 9.17) is 9.84 Å². The molecule has 2 amide bonds. The van der Waals surface area contributed by atoms with Crippen LogP contribution in [0.5, 0.6) is 0 Å². The fourth-order valence-corrected chi connectivity index (χ4v) is 5.92. The molecule has 7 heteroatoms. The van der Waals surface area contributed by atoms with Gasteiger partial charge in [-0.05, 0) is 54.4 Å². The molecule has 2 N–H and O–H groups in total. The average molecular weight is 463 g/mol. The lowest BCUT2D eigenvalue weighted by molar-refractivity contribution is -0.141. The molecular weight excluding hydrogens is 432 g/mol. The van der Waals surface area contributed by atoms with E-state index in [-0.39, 0.29) is 42.9 Å². The van der Waals surface area contributed by atoms with Gasteiger partial charge in [-0.25, -0.2) is 4.79 Å². The second kappa shape index (κ2) is 9.49. The second-order valence-electron chi connectivity index (χ2n) is 9.60. The van der Waals surface area contributed by atoms with Gasteiger partial charge in [0.1, 0.15) is 6.61 Å². The molecule has 0 radical (unpaired) electrons. The summed E-state index contributed by atoms with van der Waals surface area (Å²) in [6.07, 6.45) is 3.12. The number of hydrogen-bond acceptors (Lipinski definition) is 4. The molecule has 1 aliphatic heterocycles. The summed E-state index contributed by atoms with van der Waals surface area (Å²) in [5.74, 6) is -1.00. The van der Waals surface area contributed by atoms with Crippen LogP contribution < -0.4 is 5.32 Å². The Kier molecular flexibility index (Phi) is 6.26. The van der Waals surface area contributed by atoms with Gasteiger partial charge in [0, 0.05) is 30.5 Å². The SMILES string of the molecule is O=C(O)C[C@H]1CCCN1C(=O)C1CCC(NC(=O)OCC2c3ccccc3-c3ccccc32)C1. The largest absolute Gasteiger partial charge is 0.481 e. The van der Waals surface area contributed by atoms with E-state index in [9.17, 15) is 14.4 Å². The van der Waals surface area contributed by atoms with E-state index in [0.717, 1.165) is 19.3 Å². The zero-order valence-electron chi connectivity index (χ0n) is 19.1. The molecule has 0 aromatic heterocycles. The molecule has 5 rings (SSSR count). The van der Waals surface area contributed by atoms with Crippen molar-refractivity contribution in [3.8, 4) is 11.1 Å². The predicted octanol–water partition coefficient (Wildman–Crippen LogP) is 4.16. The topological polar surface area (TPSA) is 95.9 Å². The van der Waals surface area contributed by atoms with E-state index in [1.54, 1.807) is 4.90 Å². The highest BCUT2D eigenvalue weighted by molar-refractivity contribution is 5.81. The summed E-state index contributed by atoms with van der Waals surface area (Å²) in [6, 6.07) is 16.1. The molecule has 2 aliphatic carbocycles. The van der Waals surface area contributed by atoms with Crippen LogP contribution in [0.25, 0.3) is 11.1 Å². The van der Waals surface area contributed by atoms with E-state index in [2.05, 4.69) is 29.6 Å². The van der Waals surface area contributed by atoms with Crippen LogP contribution in [0.1, 0.15) is 55.6 Å². The van der Waals surface area contributed by atoms with Gasteiger partial charge in [0.2, 0.25) is 5.91 Å². The molecule has 1 saturated heterocycles. The van der Waals surface area contributed by atoms with Crippen molar-refractivity contribution in [2.75, 3.05) is 13.2 Å². The number of ether oxygens (including phenoxy) is 1. The Bertz CT molecular complexity index is 1050. The van der Waals surface area contributed by atoms with E-state index in [0.29, 0.717) is 19.4 Å². The predicted molar refractivity (Wildman–Crippen MR) is 126 cm³/mol. The molecule has 1 saturated carbocycles. The van der Waals surface area contributed by atoms with Crippen LogP contribution in [-0.2, 0) is 14.3 Å². The smallest absolute Gasteiger partial charge is 0.407 e. The highest BCUT2D eigenvalue weighted by atomic mass is 16.5. The van der Waals surface area contributed by atoms with Gasteiger partial charge < -0.3 is 20.1 Å². The van der Waals surface area contributed by atoms with Gasteiger partial charge in [-0.1, -0.05) is 48.5 Å². The number of carboxylic acid groups (broad SMARTS) is 1. The number of carbonyl (C=O) groups excluding carboxylic acids is 2. The third kappa shape index (κ3) is 4.39. The molecule has 0 bridgehead atoms. The van der Waals surface area contributed by atoms with Crippen molar-refractivity contribution in [2.45, 2.75) is 56.5 Å². The maximum absolute atomic E-state index is 13.0. The number of alkyl carbamates (subject to hydrolysis) is 1. The third-order valence-electron chi connectivity index (χ3n) is 7.52. The molecule has 178 valence electrons. The zero-order chi connectivity index (χ0) is 23.7. The summed E-state index contributed by atoms with van der Waals surface area (Å²) in [4.78, 5) is 38.4. The van der Waals surface area contributed by atoms with Crippen molar-refractivity contribution in [3.05, 3.63) is 59.7 Å². The highest BCUT2D eigenvalue weighted by Gasteiger charge is 2.38. The van der Waals surface area contributed by atoms with Gasteiger partial charge in [0.05, 0.1) is 6.42 Å². The van der Waals surface area contributed by atoms with Crippen molar-refractivity contribution in [1.82, 2.24) is 10.2 Å². The summed E-state index contributed by atoms with van der Waals surface area (Å²) in [5, 5.41) is 12.1. The van der Waals surface area contributed by atoms with E-state index in [1.807, 2.05) is 24.3 Å². The minimum absolute atomic E-state index is 0.000111. The number of nitrogens with zero attached hydrogens (tertiary/aromatic N) is 1. The lowest BCUT2D eigenvalue weighted by Gasteiger charge is -2.26. The second-order valence-corrected chi connectivity index (χ2v) is 9.60. The fourth-order valence-electron chi connectivity index (χ4n) is 5.92. The lowest BCUT2D eigenvalue weighted by Crippen LogP contribution is -2.41. The average Bonchev–Trinajstić information content (AvgIpc) is 3.55. The van der Waals surface area contributed by atoms with Crippen LogP contribution in [0.3, 0.4) is 0 Å². The molecule has 0 spiro atoms. The van der Waals surface area contributed by atoms with Crippen LogP contribution in [-0.4, -0.2) is 53.2 Å². The first-order valence-corrected chi connectivity index (χ1v) is 12.1. The van der Waals surface area contributed by atoms with Crippen molar-refractivity contribution in [2.24, 2.45) is 5.92 Å². The van der Waals surface area contributed by atoms with E-state index < -0.39 is 12.1 Å². The van der Waals surface area contributed by atoms with Gasteiger partial charge in [-0.2, -0.15) is 0 Å². The number of amides is 2. The van der Waals surface area contributed by atoms with Crippen LogP contribution in [0, 0.1) is 5.92 Å². The number of likely N-dealkylation sites (tertiary alicyclic amines) is 1. The summed E-state index contributed by atoms with van der Waals surface area (Å²) in [5.41, 5.74) is 4.72. The van der Waals surface area contributed by atoms with Crippen molar-refractivity contribution in [1.29, 1.82) is 0 Å². The number of aliphatic carboxylic acids is 1. The Morgan fingerprint density at radius 1 is 0.971 bits per heavy atom. The zero-order valence-corrected chi connectivity index (χ0v) is 19.1. The summed E-state index contributed by atoms with van der Waals surface area (Å²) in [7, 11) is 0. The van der Waals surface area contributed by atoms with E-state index in [1.165, 1.54) is 22.3 Å². The molecule has 2 aromatic carbocycles. The first-order valence-electron chi connectivity index (χ1n) is 12.1. The first kappa shape index (κ1) is 22.4. The molecule has 2 unspecified atom stereocenters. The van der Waals surface area contributed by atoms with Crippen LogP contribution in [0.4, 0.5) is 4.79 Å². The number of carboxylic acids is 1. The van der Waals surface area contributed by atoms with Crippen LogP contribution in [0.15, 0.2) is 48.5 Å². The standard InChI is InChI=1S/C27H30N2O5/c30-25(31)15-19-6-5-13-29(19)26(32)17-11-12-18(14-17)28-27(33)34-16-24-22-9-3-1-7-20(22)21-8-2-4-10-23(21)24/h1-4,7-10,17-19,24H,5-6,11-16H2,(H,28,33)(H,30,31)/t17?,18?,19-/m1/s1. The van der Waals surface area contributed by atoms with Crippen molar-refractivity contribution in [3.63, 3.8) is 0 Å². The Labute approximate surface area is 199 Å². The minimum Gasteiger partial charge on any atom is -0.481 e. The number of carbonyl (C=O) groups is 3. The summed E-state index contributed by atoms with van der Waals surface area (Å²) >= 11 is 0. The van der Waals surface area contributed by atoms with Crippen molar-refractivity contribution >= 4 is 18.0 Å². The number of fused-ring (bicyclic) bond motifs is 3. The van der Waals surface area contributed by atoms with Crippen LogP contribution in [0.2, 0.25) is 0 Å². The monoisotopic (exact) mass is 462 g/mol. The number of benzene rings is 2. The molecule has 3 aliphatic rings. The van der Waals surface area contributed by atoms with Crippen LogP contribution >= 0.6 is 0 Å². The quantitative estimate of drug-likeness (QED) is 0.672. The highest BCUT2D eigenvalue weighted by Crippen LogP contribution is 2.44. The molecular formula is C27H30N2O5. The number of nitrogens with one attached hydrogen (secondary N) is 1. The maximum Gasteiger partial charge on any atom is 0.407 e. The molecule has 1 heterocycles. The summed E-state index contributed by atoms with van der Waals surface area (Å²) in [6.45, 7) is 0.886. The number of rotatable bonds is 6. The Hall–Kier alpha value is -3.35. The van der Waals surface area contributed by atoms with Crippen molar-refractivity contribution < 1.29 is 24.2 Å². The third-order valence-corrected chi connectivity index (χ3v) is 7.52. The summed E-state index contributed by atoms with van der Waals surface area (Å²) < 4.78 is 5.65. The lowest BCUT2D eigenvalue weighted by atomic mass is 9.98. The Morgan fingerprint density at radius 2 is 1.65 bits per heavy atom. The normalized spacial score (nSPS) is 23.4. The van der Waals surface area contributed by atoms with E-state index >= 15 is 0 Å². The van der Waals surface area contributed by atoms with Gasteiger partial charge in [-0.15, -0.1) is 0 Å². The first-order chi connectivity index (χ1) is 16.5. The Morgan fingerprint density at radius 3 is 2.32 bits per heavy atom. The molecule has 2 fully saturated rings.